The van der Waals surface area contributed by atoms with E-state index < -0.39 is 0 Å². The van der Waals surface area contributed by atoms with Gasteiger partial charge in [0.25, 0.3) is 0 Å². The summed E-state index contributed by atoms with van der Waals surface area (Å²) in [5.74, 6) is 0. The van der Waals surface area contributed by atoms with Crippen molar-refractivity contribution < 1.29 is 0 Å². The van der Waals surface area contributed by atoms with E-state index in [1.165, 1.54) is 27.9 Å². The van der Waals surface area contributed by atoms with Gasteiger partial charge in [0.15, 0.2) is 0 Å². The van der Waals surface area contributed by atoms with Gasteiger partial charge in [-0.1, -0.05) is 129 Å². The summed E-state index contributed by atoms with van der Waals surface area (Å²) in [5.41, 5.74) is 11.2. The van der Waals surface area contributed by atoms with Crippen LogP contribution in [0.25, 0.3) is 11.1 Å². The Morgan fingerprint density at radius 3 is 1.36 bits per heavy atom. The zero-order valence-corrected chi connectivity index (χ0v) is 25.2. The number of rotatable bonds is 4. The molecule has 2 aliphatic carbocycles. The molecule has 0 N–H and O–H groups in total. The summed E-state index contributed by atoms with van der Waals surface area (Å²) in [6.45, 7) is 22.5. The Hall–Kier alpha value is -3.32. The van der Waals surface area contributed by atoms with Crippen LogP contribution in [0.1, 0.15) is 79.0 Å². The van der Waals surface area contributed by atoms with Gasteiger partial charge in [-0.05, 0) is 74.2 Å². The fourth-order valence-corrected chi connectivity index (χ4v) is 8.15. The summed E-state index contributed by atoms with van der Waals surface area (Å²) in [5, 5.41) is 0. The summed E-state index contributed by atoms with van der Waals surface area (Å²) < 4.78 is 0. The number of benzene rings is 4. The highest BCUT2D eigenvalue weighted by Gasteiger charge is 2.72. The minimum absolute atomic E-state index is 0.0447. The SMILES string of the molecule is CC1(C)c2cc(-c3ccccc3N(c3ccccc3)c3ccccc3)cc3c2C(C)(C1(C)C)C(C)(C)C3(C)C. The highest BCUT2D eigenvalue weighted by atomic mass is 15.1. The van der Waals surface area contributed by atoms with Gasteiger partial charge in [0, 0.05) is 22.4 Å². The number of para-hydroxylation sites is 3. The van der Waals surface area contributed by atoms with Gasteiger partial charge in [0.05, 0.1) is 5.69 Å². The second-order valence-electron chi connectivity index (χ2n) is 14.1. The van der Waals surface area contributed by atoms with Crippen LogP contribution in [-0.2, 0) is 16.2 Å². The van der Waals surface area contributed by atoms with Crippen LogP contribution in [0.2, 0.25) is 0 Å². The quantitative estimate of drug-likeness (QED) is 0.262. The van der Waals surface area contributed by atoms with E-state index in [0.717, 1.165) is 11.4 Å². The van der Waals surface area contributed by atoms with Crippen molar-refractivity contribution in [1.29, 1.82) is 0 Å². The Bertz CT molecular complexity index is 1460. The second kappa shape index (κ2) is 8.10. The molecular formula is C38H43N. The van der Waals surface area contributed by atoms with Crippen molar-refractivity contribution in [1.82, 2.24) is 0 Å². The van der Waals surface area contributed by atoms with E-state index >= 15 is 0 Å². The van der Waals surface area contributed by atoms with Crippen LogP contribution in [0.3, 0.4) is 0 Å². The lowest BCUT2D eigenvalue weighted by atomic mass is 9.47. The Kier molecular flexibility index (Phi) is 5.39. The maximum atomic E-state index is 2.55. The molecule has 1 heteroatoms. The molecule has 2 aliphatic rings. The predicted molar refractivity (Wildman–Crippen MR) is 168 cm³/mol. The third-order valence-electron chi connectivity index (χ3n) is 12.1. The molecule has 0 spiro atoms. The van der Waals surface area contributed by atoms with E-state index in [0.29, 0.717) is 0 Å². The van der Waals surface area contributed by atoms with Gasteiger partial charge in [0.1, 0.15) is 0 Å². The van der Waals surface area contributed by atoms with Gasteiger partial charge in [0.2, 0.25) is 0 Å². The van der Waals surface area contributed by atoms with Gasteiger partial charge in [-0.15, -0.1) is 0 Å². The topological polar surface area (TPSA) is 3.24 Å². The molecule has 39 heavy (non-hydrogen) atoms. The van der Waals surface area contributed by atoms with Crippen molar-refractivity contribution in [2.75, 3.05) is 4.90 Å². The lowest BCUT2D eigenvalue weighted by Crippen LogP contribution is -2.55. The minimum atomic E-state index is 0.0447. The Labute approximate surface area is 235 Å². The van der Waals surface area contributed by atoms with Crippen molar-refractivity contribution in [3.05, 3.63) is 114 Å². The molecule has 200 valence electrons. The Balaban J connectivity index is 1.65. The van der Waals surface area contributed by atoms with Crippen molar-refractivity contribution in [2.24, 2.45) is 10.8 Å². The summed E-state index contributed by atoms with van der Waals surface area (Å²) >= 11 is 0. The molecule has 0 aliphatic heterocycles. The van der Waals surface area contributed by atoms with Crippen LogP contribution < -0.4 is 4.90 Å². The minimum Gasteiger partial charge on any atom is -0.310 e. The second-order valence-corrected chi connectivity index (χ2v) is 14.1. The lowest BCUT2D eigenvalue weighted by Gasteiger charge is -2.56. The van der Waals surface area contributed by atoms with Crippen molar-refractivity contribution in [3.8, 4) is 11.1 Å². The van der Waals surface area contributed by atoms with Gasteiger partial charge in [-0.2, -0.15) is 0 Å². The molecular weight excluding hydrogens is 470 g/mol. The van der Waals surface area contributed by atoms with E-state index in [1.54, 1.807) is 5.56 Å². The number of anilines is 3. The zero-order valence-electron chi connectivity index (χ0n) is 25.2. The molecule has 0 saturated heterocycles. The van der Waals surface area contributed by atoms with Crippen LogP contribution in [-0.4, -0.2) is 0 Å². The highest BCUT2D eigenvalue weighted by Crippen LogP contribution is 2.76. The average Bonchev–Trinajstić information content (AvgIpc) is 3.13. The normalized spacial score (nSPS) is 20.4. The van der Waals surface area contributed by atoms with Gasteiger partial charge >= 0.3 is 0 Å². The monoisotopic (exact) mass is 513 g/mol. The molecule has 1 nitrogen and oxygen atoms in total. The van der Waals surface area contributed by atoms with E-state index in [-0.39, 0.29) is 27.1 Å². The van der Waals surface area contributed by atoms with Crippen LogP contribution >= 0.6 is 0 Å². The number of hydrogen-bond donors (Lipinski definition) is 0. The average molecular weight is 514 g/mol. The molecule has 4 aromatic carbocycles. The number of hydrogen-bond acceptors (Lipinski definition) is 1. The van der Waals surface area contributed by atoms with E-state index in [4.69, 9.17) is 0 Å². The smallest absolute Gasteiger partial charge is 0.0540 e. The fourth-order valence-electron chi connectivity index (χ4n) is 8.15. The molecule has 0 fully saturated rings. The first kappa shape index (κ1) is 25.9. The first-order valence-electron chi connectivity index (χ1n) is 14.5. The molecule has 0 radical (unpaired) electrons. The predicted octanol–water partition coefficient (Wildman–Crippen LogP) is 10.7. The van der Waals surface area contributed by atoms with E-state index in [9.17, 15) is 0 Å². The zero-order chi connectivity index (χ0) is 28.0. The third kappa shape index (κ3) is 3.08. The maximum Gasteiger partial charge on any atom is 0.0540 e. The van der Waals surface area contributed by atoms with Gasteiger partial charge < -0.3 is 4.90 Å². The van der Waals surface area contributed by atoms with Crippen LogP contribution in [0.15, 0.2) is 97.1 Å². The van der Waals surface area contributed by atoms with E-state index in [2.05, 4.69) is 164 Å². The molecule has 0 unspecified atom stereocenters. The van der Waals surface area contributed by atoms with Crippen LogP contribution in [0.5, 0.6) is 0 Å². The molecule has 0 bridgehead atoms. The standard InChI is InChI=1S/C38H43N/c1-34(2)30-24-26(25-31-33(30)38(9,36(34,5)6)37(7,8)35(31,3)4)29-22-16-17-23-32(29)39(27-18-12-10-13-19-27)28-20-14-11-15-21-28/h10-25H,1-9H3. The maximum absolute atomic E-state index is 2.55. The lowest BCUT2D eigenvalue weighted by molar-refractivity contribution is -0.0105. The summed E-state index contributed by atoms with van der Waals surface area (Å²) in [4.78, 5) is 2.40. The van der Waals surface area contributed by atoms with Crippen LogP contribution in [0.4, 0.5) is 17.1 Å². The summed E-state index contributed by atoms with van der Waals surface area (Å²) in [7, 11) is 0. The molecule has 0 heterocycles. The van der Waals surface area contributed by atoms with Crippen molar-refractivity contribution in [3.63, 3.8) is 0 Å². The summed E-state index contributed by atoms with van der Waals surface area (Å²) in [6, 6.07) is 35.5. The largest absolute Gasteiger partial charge is 0.310 e. The Morgan fingerprint density at radius 2 is 0.897 bits per heavy atom. The highest BCUT2D eigenvalue weighted by molar-refractivity contribution is 5.89. The van der Waals surface area contributed by atoms with Crippen LogP contribution in [0, 0.1) is 10.8 Å². The van der Waals surface area contributed by atoms with Crippen molar-refractivity contribution >= 4 is 17.1 Å². The fraction of sp³-hybridized carbons (Fsp3) is 0.368. The first-order valence-corrected chi connectivity index (χ1v) is 14.5. The molecule has 0 atom stereocenters. The molecule has 4 aromatic rings. The van der Waals surface area contributed by atoms with Gasteiger partial charge in [-0.25, -0.2) is 0 Å². The number of nitrogens with zero attached hydrogens (tertiary/aromatic N) is 1. The molecule has 6 rings (SSSR count). The third-order valence-corrected chi connectivity index (χ3v) is 12.1. The molecule has 0 saturated carbocycles. The first-order chi connectivity index (χ1) is 18.3. The van der Waals surface area contributed by atoms with Gasteiger partial charge in [-0.3, -0.25) is 0 Å². The molecule has 0 amide bonds. The van der Waals surface area contributed by atoms with E-state index in [1.807, 2.05) is 0 Å². The molecule has 0 aromatic heterocycles. The van der Waals surface area contributed by atoms with Crippen molar-refractivity contribution in [2.45, 2.75) is 78.6 Å². The summed E-state index contributed by atoms with van der Waals surface area (Å²) in [6.07, 6.45) is 0. The Morgan fingerprint density at radius 1 is 0.487 bits per heavy atom.